The lowest BCUT2D eigenvalue weighted by Crippen LogP contribution is -2.46. The monoisotopic (exact) mass is 590 g/mol. The molecule has 4 heterocycles. The molecule has 0 amide bonds. The summed E-state index contributed by atoms with van der Waals surface area (Å²) in [5, 5.41) is 0. The van der Waals surface area contributed by atoms with Crippen molar-refractivity contribution in [2.45, 2.75) is 114 Å². The van der Waals surface area contributed by atoms with Crippen LogP contribution in [0.25, 0.3) is 0 Å². The van der Waals surface area contributed by atoms with Gasteiger partial charge in [-0.05, 0) is 122 Å². The van der Waals surface area contributed by atoms with E-state index in [1.165, 1.54) is 117 Å². The Morgan fingerprint density at radius 1 is 0.500 bits per heavy atom. The Morgan fingerprint density at radius 3 is 1.45 bits per heavy atom. The van der Waals surface area contributed by atoms with Gasteiger partial charge in [-0.1, -0.05) is 0 Å². The second-order valence-electron chi connectivity index (χ2n) is 14.8. The Labute approximate surface area is 256 Å². The van der Waals surface area contributed by atoms with Crippen LogP contribution in [-0.4, -0.2) is 149 Å². The quantitative estimate of drug-likeness (QED) is 0.322. The van der Waals surface area contributed by atoms with Gasteiger partial charge in [-0.25, -0.2) is 0 Å². The normalized spacial score (nSPS) is 34.4. The van der Waals surface area contributed by atoms with Crippen LogP contribution in [0.15, 0.2) is 0 Å². The molecule has 242 valence electrons. The summed E-state index contributed by atoms with van der Waals surface area (Å²) in [6, 6.07) is 0. The average Bonchev–Trinajstić information content (AvgIpc) is 2.97. The fourth-order valence-electron chi connectivity index (χ4n) is 8.30. The zero-order valence-electron chi connectivity index (χ0n) is 27.0. The third-order valence-electron chi connectivity index (χ3n) is 11.6. The average molecular weight is 591 g/mol. The molecule has 0 radical (unpaired) electrons. The maximum absolute atomic E-state index is 6.48. The largest absolute Gasteiger partial charge is 0.381 e. The number of piperidine rings is 4. The minimum atomic E-state index is 0.426. The van der Waals surface area contributed by atoms with Gasteiger partial charge in [0.05, 0.1) is 43.2 Å². The Morgan fingerprint density at radius 2 is 0.952 bits per heavy atom. The number of likely N-dealkylation sites (tertiary alicyclic amines) is 4. The van der Waals surface area contributed by atoms with Crippen LogP contribution in [0, 0.1) is 11.8 Å². The maximum atomic E-state index is 6.48. The van der Waals surface area contributed by atoms with E-state index in [4.69, 9.17) is 18.9 Å². The van der Waals surface area contributed by atoms with E-state index in [2.05, 4.69) is 26.6 Å². The van der Waals surface area contributed by atoms with Gasteiger partial charge in [-0.2, -0.15) is 0 Å². The number of hydrogen-bond donors (Lipinski definition) is 0. The number of rotatable bonds is 13. The van der Waals surface area contributed by atoms with Gasteiger partial charge < -0.3 is 38.5 Å². The lowest BCUT2D eigenvalue weighted by atomic mass is 9.91. The van der Waals surface area contributed by atoms with Crippen LogP contribution in [0.2, 0.25) is 0 Å². The molecule has 0 aromatic rings. The fraction of sp³-hybridized carbons (Fsp3) is 1.00. The third kappa shape index (κ3) is 9.35. The van der Waals surface area contributed by atoms with E-state index in [1.54, 1.807) is 0 Å². The summed E-state index contributed by atoms with van der Waals surface area (Å²) in [5.74, 6) is 1.77. The number of ether oxygens (including phenoxy) is 4. The molecule has 2 saturated carbocycles. The number of methoxy groups -OCH3 is 1. The highest BCUT2D eigenvalue weighted by Gasteiger charge is 2.35. The Bertz CT molecular complexity index is 762. The molecule has 0 bridgehead atoms. The fourth-order valence-corrected chi connectivity index (χ4v) is 8.30. The summed E-state index contributed by atoms with van der Waals surface area (Å²) in [4.78, 5) is 10.5. The first-order chi connectivity index (χ1) is 20.6. The highest BCUT2D eigenvalue weighted by molar-refractivity contribution is 4.86. The molecule has 4 aliphatic heterocycles. The van der Waals surface area contributed by atoms with Crippen LogP contribution >= 0.6 is 0 Å². The highest BCUT2D eigenvalue weighted by atomic mass is 16.5. The van der Waals surface area contributed by atoms with Crippen molar-refractivity contribution in [3.63, 3.8) is 0 Å². The second kappa shape index (κ2) is 15.8. The molecule has 6 fully saturated rings. The Hall–Kier alpha value is -0.320. The standard InChI is InChI=1S/C34H62N4O4/c1-35-11-3-27(4-12-35)25-37-15-9-30(10-16-37)42-34-23-32(24-34)40-20-19-36-13-5-28(6-14-36)26-38-17-7-29(8-18-38)41-33-21-31(22-33)39-2/h27-34H,3-26H2,1-2H3/t31-,32-,33-,34-. The number of hydrogen-bond acceptors (Lipinski definition) is 8. The Kier molecular flexibility index (Phi) is 11.9. The van der Waals surface area contributed by atoms with Crippen LogP contribution in [0.4, 0.5) is 0 Å². The molecule has 0 spiro atoms. The molecule has 0 atom stereocenters. The van der Waals surface area contributed by atoms with Gasteiger partial charge >= 0.3 is 0 Å². The van der Waals surface area contributed by atoms with Gasteiger partial charge in [0.2, 0.25) is 0 Å². The predicted molar refractivity (Wildman–Crippen MR) is 167 cm³/mol. The van der Waals surface area contributed by atoms with Crippen molar-refractivity contribution < 1.29 is 18.9 Å². The molecule has 8 nitrogen and oxygen atoms in total. The summed E-state index contributed by atoms with van der Waals surface area (Å²) < 4.78 is 24.4. The third-order valence-corrected chi connectivity index (χ3v) is 11.6. The minimum Gasteiger partial charge on any atom is -0.381 e. The Balaban J connectivity index is 0.747. The van der Waals surface area contributed by atoms with Crippen molar-refractivity contribution in [1.29, 1.82) is 0 Å². The lowest BCUT2D eigenvalue weighted by molar-refractivity contribution is -0.137. The van der Waals surface area contributed by atoms with Crippen LogP contribution in [-0.2, 0) is 18.9 Å². The summed E-state index contributed by atoms with van der Waals surface area (Å²) in [7, 11) is 4.08. The second-order valence-corrected chi connectivity index (χ2v) is 14.8. The van der Waals surface area contributed by atoms with Crippen LogP contribution < -0.4 is 0 Å². The van der Waals surface area contributed by atoms with E-state index >= 15 is 0 Å². The molecule has 0 aromatic carbocycles. The zero-order chi connectivity index (χ0) is 28.7. The van der Waals surface area contributed by atoms with E-state index in [-0.39, 0.29) is 0 Å². The molecule has 8 heteroatoms. The number of nitrogens with zero attached hydrogens (tertiary/aromatic N) is 4. The van der Waals surface area contributed by atoms with E-state index in [0.29, 0.717) is 36.6 Å². The first kappa shape index (κ1) is 31.7. The van der Waals surface area contributed by atoms with Crippen LogP contribution in [0.5, 0.6) is 0 Å². The van der Waals surface area contributed by atoms with Crippen molar-refractivity contribution in [2.24, 2.45) is 11.8 Å². The van der Waals surface area contributed by atoms with E-state index in [9.17, 15) is 0 Å². The lowest BCUT2D eigenvalue weighted by Gasteiger charge is -2.41. The smallest absolute Gasteiger partial charge is 0.0628 e. The highest BCUT2D eigenvalue weighted by Crippen LogP contribution is 2.31. The van der Waals surface area contributed by atoms with E-state index < -0.39 is 0 Å². The van der Waals surface area contributed by atoms with E-state index in [1.807, 2.05) is 7.11 Å². The molecule has 6 rings (SSSR count). The molecular weight excluding hydrogens is 528 g/mol. The van der Waals surface area contributed by atoms with Gasteiger partial charge in [0, 0.05) is 52.9 Å². The molecule has 42 heavy (non-hydrogen) atoms. The molecule has 0 N–H and O–H groups in total. The van der Waals surface area contributed by atoms with Gasteiger partial charge in [-0.3, -0.25) is 0 Å². The van der Waals surface area contributed by atoms with Crippen LogP contribution in [0.1, 0.15) is 77.0 Å². The van der Waals surface area contributed by atoms with Gasteiger partial charge in [-0.15, -0.1) is 0 Å². The van der Waals surface area contributed by atoms with Crippen LogP contribution in [0.3, 0.4) is 0 Å². The van der Waals surface area contributed by atoms with Gasteiger partial charge in [0.25, 0.3) is 0 Å². The molecule has 4 saturated heterocycles. The molecule has 6 aliphatic rings. The van der Waals surface area contributed by atoms with Gasteiger partial charge in [0.15, 0.2) is 0 Å². The molecule has 0 aromatic heterocycles. The summed E-state index contributed by atoms with van der Waals surface area (Å²) in [6.07, 6.45) is 17.4. The van der Waals surface area contributed by atoms with Crippen molar-refractivity contribution in [3.8, 4) is 0 Å². The minimum absolute atomic E-state index is 0.426. The first-order valence-corrected chi connectivity index (χ1v) is 17.9. The van der Waals surface area contributed by atoms with E-state index in [0.717, 1.165) is 50.7 Å². The van der Waals surface area contributed by atoms with Crippen molar-refractivity contribution in [1.82, 2.24) is 19.6 Å². The maximum Gasteiger partial charge on any atom is 0.0628 e. The van der Waals surface area contributed by atoms with Crippen molar-refractivity contribution in [3.05, 3.63) is 0 Å². The zero-order valence-corrected chi connectivity index (χ0v) is 27.0. The first-order valence-electron chi connectivity index (χ1n) is 17.9. The SMILES string of the molecule is CO[C@H]1C[C@H](OC2CCN(CC3CCN(CCO[C@H]4C[C@H](OC5CCN(CC6CCN(C)CC6)CC5)C4)CC3)CC2)C1. The summed E-state index contributed by atoms with van der Waals surface area (Å²) >= 11 is 0. The topological polar surface area (TPSA) is 49.9 Å². The molecule has 0 unspecified atom stereocenters. The van der Waals surface area contributed by atoms with Crippen molar-refractivity contribution >= 4 is 0 Å². The predicted octanol–water partition coefficient (Wildman–Crippen LogP) is 3.73. The van der Waals surface area contributed by atoms with Crippen molar-refractivity contribution in [2.75, 3.05) is 92.8 Å². The van der Waals surface area contributed by atoms with Gasteiger partial charge in [0.1, 0.15) is 0 Å². The molecule has 2 aliphatic carbocycles. The summed E-state index contributed by atoms with van der Waals surface area (Å²) in [5.41, 5.74) is 0. The molecular formula is C34H62N4O4. The summed E-state index contributed by atoms with van der Waals surface area (Å²) in [6.45, 7) is 14.5.